The molecule has 0 unspecified atom stereocenters. The van der Waals surface area contributed by atoms with E-state index in [1.165, 1.54) is 6.08 Å². The molecule has 0 heterocycles. The Balaban J connectivity index is 2.78. The lowest BCUT2D eigenvalue weighted by Crippen LogP contribution is -2.46. The molecule has 0 bridgehead atoms. The molecule has 7 N–H and O–H groups in total. The average molecular weight is 314 g/mol. The van der Waals surface area contributed by atoms with Crippen LogP contribution in [0.1, 0.15) is 11.1 Å². The lowest BCUT2D eigenvalue weighted by molar-refractivity contribution is -0.112. The molecule has 0 spiro atoms. The van der Waals surface area contributed by atoms with Gasteiger partial charge >= 0.3 is 0 Å². The van der Waals surface area contributed by atoms with E-state index in [2.05, 4.69) is 0 Å². The van der Waals surface area contributed by atoms with Crippen LogP contribution >= 0.6 is 0 Å². The van der Waals surface area contributed by atoms with Crippen molar-refractivity contribution < 1.29 is 35.7 Å². The lowest BCUT2D eigenvalue weighted by atomic mass is 10.0. The molecular formula is C15H22O7. The molecule has 7 heteroatoms. The van der Waals surface area contributed by atoms with Crippen molar-refractivity contribution in [1.82, 2.24) is 0 Å². The van der Waals surface area contributed by atoms with Crippen molar-refractivity contribution in [3.8, 4) is 0 Å². The van der Waals surface area contributed by atoms with E-state index < -0.39 is 36.8 Å². The second-order valence-electron chi connectivity index (χ2n) is 4.96. The third-order valence-corrected chi connectivity index (χ3v) is 3.25. The molecule has 0 fully saturated rings. The van der Waals surface area contributed by atoms with Crippen LogP contribution in [-0.4, -0.2) is 73.4 Å². The maximum atomic E-state index is 9.77. The Morgan fingerprint density at radius 1 is 0.955 bits per heavy atom. The first-order valence-corrected chi connectivity index (χ1v) is 6.84. The molecule has 0 amide bonds. The van der Waals surface area contributed by atoms with E-state index in [0.717, 1.165) is 5.56 Å². The average Bonchev–Trinajstić information content (AvgIpc) is 2.53. The molecule has 124 valence electrons. The van der Waals surface area contributed by atoms with E-state index in [1.54, 1.807) is 24.3 Å². The first-order valence-electron chi connectivity index (χ1n) is 6.84. The van der Waals surface area contributed by atoms with Crippen molar-refractivity contribution in [3.63, 3.8) is 0 Å². The van der Waals surface area contributed by atoms with E-state index in [9.17, 15) is 25.5 Å². The van der Waals surface area contributed by atoms with Crippen LogP contribution in [0.25, 0.3) is 6.08 Å². The Hall–Kier alpha value is -1.48. The van der Waals surface area contributed by atoms with Gasteiger partial charge in [-0.1, -0.05) is 24.3 Å². The minimum absolute atomic E-state index is 0.0242. The molecule has 0 saturated carbocycles. The highest BCUT2D eigenvalue weighted by atomic mass is 16.4. The van der Waals surface area contributed by atoms with Crippen molar-refractivity contribution in [3.05, 3.63) is 41.2 Å². The van der Waals surface area contributed by atoms with E-state index in [0.29, 0.717) is 12.0 Å². The van der Waals surface area contributed by atoms with Crippen LogP contribution < -0.4 is 0 Å². The molecule has 1 aromatic carbocycles. The molecule has 0 saturated heterocycles. The summed E-state index contributed by atoms with van der Waals surface area (Å²) in [4.78, 5) is 0. The van der Waals surface area contributed by atoms with Crippen molar-refractivity contribution >= 4 is 6.08 Å². The molecular weight excluding hydrogens is 292 g/mol. The van der Waals surface area contributed by atoms with E-state index in [-0.39, 0.29) is 6.61 Å². The van der Waals surface area contributed by atoms with Gasteiger partial charge in [-0.3, -0.25) is 0 Å². The van der Waals surface area contributed by atoms with Gasteiger partial charge in [-0.15, -0.1) is 0 Å². The predicted octanol–water partition coefficient (Wildman–Crippen LogP) is -1.44. The summed E-state index contributed by atoms with van der Waals surface area (Å²) in [7, 11) is 0. The first kappa shape index (κ1) is 18.6. The fourth-order valence-electron chi connectivity index (χ4n) is 1.86. The summed E-state index contributed by atoms with van der Waals surface area (Å²) in [5.74, 6) is -0.591. The van der Waals surface area contributed by atoms with E-state index in [4.69, 9.17) is 10.2 Å². The van der Waals surface area contributed by atoms with Crippen molar-refractivity contribution in [2.24, 2.45) is 0 Å². The van der Waals surface area contributed by atoms with Crippen molar-refractivity contribution in [2.75, 3.05) is 13.2 Å². The molecule has 0 aromatic heterocycles. The maximum Gasteiger partial charge on any atom is 0.139 e. The van der Waals surface area contributed by atoms with Crippen molar-refractivity contribution in [2.45, 2.75) is 30.8 Å². The molecule has 1 rings (SSSR count). The zero-order chi connectivity index (χ0) is 16.7. The molecule has 0 aliphatic rings. The van der Waals surface area contributed by atoms with Crippen LogP contribution in [0.4, 0.5) is 0 Å². The van der Waals surface area contributed by atoms with Gasteiger partial charge in [0.2, 0.25) is 0 Å². The molecule has 7 nitrogen and oxygen atoms in total. The minimum atomic E-state index is -1.85. The van der Waals surface area contributed by atoms with Gasteiger partial charge in [-0.05, 0) is 23.6 Å². The summed E-state index contributed by atoms with van der Waals surface area (Å²) in [5, 5.41) is 65.4. The van der Waals surface area contributed by atoms with E-state index >= 15 is 0 Å². The zero-order valence-electron chi connectivity index (χ0n) is 11.9. The monoisotopic (exact) mass is 314 g/mol. The fourth-order valence-corrected chi connectivity index (χ4v) is 1.86. The summed E-state index contributed by atoms with van der Waals surface area (Å²) in [6.45, 7) is -0.766. The topological polar surface area (TPSA) is 142 Å². The van der Waals surface area contributed by atoms with Gasteiger partial charge in [-0.2, -0.15) is 0 Å². The number of hydrogen-bond acceptors (Lipinski definition) is 7. The zero-order valence-corrected chi connectivity index (χ0v) is 11.9. The van der Waals surface area contributed by atoms with Gasteiger partial charge in [0.25, 0.3) is 0 Å². The molecule has 22 heavy (non-hydrogen) atoms. The van der Waals surface area contributed by atoms with Gasteiger partial charge in [0.1, 0.15) is 30.2 Å². The molecule has 1 aromatic rings. The predicted molar refractivity (Wildman–Crippen MR) is 79.0 cm³/mol. The Labute approximate surface area is 128 Å². The van der Waals surface area contributed by atoms with Crippen molar-refractivity contribution in [1.29, 1.82) is 0 Å². The highest BCUT2D eigenvalue weighted by Gasteiger charge is 2.32. The van der Waals surface area contributed by atoms with Crippen LogP contribution in [0, 0.1) is 0 Å². The van der Waals surface area contributed by atoms with Gasteiger partial charge in [0, 0.05) is 6.61 Å². The maximum absolute atomic E-state index is 9.77. The summed E-state index contributed by atoms with van der Waals surface area (Å²) >= 11 is 0. The second-order valence-corrected chi connectivity index (χ2v) is 4.96. The van der Waals surface area contributed by atoms with Crippen LogP contribution in [0.2, 0.25) is 0 Å². The lowest BCUT2D eigenvalue weighted by Gasteiger charge is -2.25. The van der Waals surface area contributed by atoms with Gasteiger partial charge in [-0.25, -0.2) is 0 Å². The Morgan fingerprint density at radius 3 is 2.05 bits per heavy atom. The van der Waals surface area contributed by atoms with E-state index in [1.807, 2.05) is 0 Å². The second kappa shape index (κ2) is 8.84. The molecule has 4 atom stereocenters. The normalized spacial score (nSPS) is 17.8. The summed E-state index contributed by atoms with van der Waals surface area (Å²) < 4.78 is 0. The number of aliphatic hydroxyl groups is 7. The van der Waals surface area contributed by atoms with Gasteiger partial charge in [0.15, 0.2) is 0 Å². The Kier molecular flexibility index (Phi) is 7.46. The molecule has 0 aliphatic heterocycles. The summed E-state index contributed by atoms with van der Waals surface area (Å²) in [6.07, 6.45) is -5.39. The Bertz CT molecular complexity index is 471. The number of rotatable bonds is 8. The van der Waals surface area contributed by atoms with Crippen LogP contribution in [0.3, 0.4) is 0 Å². The summed E-state index contributed by atoms with van der Waals surface area (Å²) in [6, 6.07) is 6.78. The smallest absolute Gasteiger partial charge is 0.139 e. The number of aliphatic hydroxyl groups excluding tert-OH is 7. The summed E-state index contributed by atoms with van der Waals surface area (Å²) in [5.41, 5.74) is 1.45. The number of benzene rings is 1. The van der Waals surface area contributed by atoms with Gasteiger partial charge < -0.3 is 35.7 Å². The highest BCUT2D eigenvalue weighted by Crippen LogP contribution is 2.15. The number of hydrogen-bond donors (Lipinski definition) is 7. The third kappa shape index (κ3) is 5.06. The fraction of sp³-hybridized carbons (Fsp3) is 0.467. The van der Waals surface area contributed by atoms with Crippen LogP contribution in [0.5, 0.6) is 0 Å². The molecule has 0 aliphatic carbocycles. The quantitative estimate of drug-likeness (QED) is 0.291. The van der Waals surface area contributed by atoms with Gasteiger partial charge in [0.05, 0.1) is 6.61 Å². The Morgan fingerprint density at radius 2 is 1.55 bits per heavy atom. The third-order valence-electron chi connectivity index (χ3n) is 3.25. The van der Waals surface area contributed by atoms with Crippen LogP contribution in [0.15, 0.2) is 30.0 Å². The SMILES string of the molecule is OCCc1ccc(C=C(O)[C@H](O)[C@@H](O)[C@H](O)[C@H](O)CO)cc1. The first-order chi connectivity index (χ1) is 10.4. The minimum Gasteiger partial charge on any atom is -0.509 e. The largest absolute Gasteiger partial charge is 0.509 e. The van der Waals surface area contributed by atoms with Crippen LogP contribution in [-0.2, 0) is 6.42 Å². The highest BCUT2D eigenvalue weighted by molar-refractivity contribution is 5.52. The standard InChI is InChI=1S/C15H22O7/c16-6-5-9-1-3-10(4-2-9)7-11(18)13(20)15(22)14(21)12(19)8-17/h1-4,7,12-22H,5-6,8H2/t12-,13+,14-,15-/m1/s1. The molecule has 0 radical (unpaired) electrons.